The Morgan fingerprint density at radius 3 is 2.59 bits per heavy atom. The number of carbonyl (C=O) groups excluding carboxylic acids is 1. The van der Waals surface area contributed by atoms with Crippen molar-refractivity contribution in [1.82, 2.24) is 10.2 Å². The maximum Gasteiger partial charge on any atom is 0.239 e. The molecule has 0 bridgehead atoms. The van der Waals surface area contributed by atoms with Crippen LogP contribution in [0.3, 0.4) is 0 Å². The first-order valence-corrected chi connectivity index (χ1v) is 11.9. The fourth-order valence-corrected chi connectivity index (χ4v) is 5.87. The first-order valence-electron chi connectivity index (χ1n) is 11.9. The summed E-state index contributed by atoms with van der Waals surface area (Å²) in [5, 5.41) is 14.2. The zero-order chi connectivity index (χ0) is 20.3. The van der Waals surface area contributed by atoms with Crippen LogP contribution in [0, 0.1) is 5.92 Å². The van der Waals surface area contributed by atoms with Crippen molar-refractivity contribution in [3.8, 4) is 0 Å². The minimum atomic E-state index is -0.635. The van der Waals surface area contributed by atoms with Crippen LogP contribution >= 0.6 is 0 Å². The first kappa shape index (κ1) is 20.9. The van der Waals surface area contributed by atoms with Gasteiger partial charge in [-0.2, -0.15) is 0 Å². The van der Waals surface area contributed by atoms with Gasteiger partial charge in [-0.05, 0) is 56.1 Å². The van der Waals surface area contributed by atoms with E-state index in [2.05, 4.69) is 34.5 Å². The molecular formula is C25H38N2O2. The zero-order valence-electron chi connectivity index (χ0n) is 18.0. The number of fused-ring (bicyclic) bond motifs is 1. The molecule has 2 unspecified atom stereocenters. The lowest BCUT2D eigenvalue weighted by Crippen LogP contribution is -2.53. The maximum absolute atomic E-state index is 13.5. The van der Waals surface area contributed by atoms with Crippen LogP contribution in [0.2, 0.25) is 0 Å². The molecule has 0 saturated heterocycles. The van der Waals surface area contributed by atoms with Crippen LogP contribution in [-0.4, -0.2) is 40.6 Å². The number of amides is 1. The van der Waals surface area contributed by atoms with Gasteiger partial charge in [-0.15, -0.1) is 0 Å². The molecule has 4 heteroatoms. The predicted octanol–water partition coefficient (Wildman–Crippen LogP) is 4.37. The van der Waals surface area contributed by atoms with Gasteiger partial charge in [0.1, 0.15) is 0 Å². The second-order valence-electron chi connectivity index (χ2n) is 9.71. The standard InChI is InChI=1S/C25H38N2O2/c1-19(26-18-25(29)15-8-3-9-16-25)24(28)27-17-14-20-10-6-7-13-22(20)23(27)21-11-4-2-5-12-21/h6-7,10,13,19,21,23,26,29H,2-5,8-9,11-12,14-18H2,1H3. The lowest BCUT2D eigenvalue weighted by Gasteiger charge is -2.44. The van der Waals surface area contributed by atoms with E-state index < -0.39 is 5.60 Å². The molecule has 4 rings (SSSR count). The molecule has 2 fully saturated rings. The van der Waals surface area contributed by atoms with E-state index in [9.17, 15) is 9.90 Å². The fraction of sp³-hybridized carbons (Fsp3) is 0.720. The molecule has 2 aliphatic carbocycles. The number of nitrogens with one attached hydrogen (secondary N) is 1. The normalized spacial score (nSPS) is 26.0. The number of aliphatic hydroxyl groups is 1. The van der Waals surface area contributed by atoms with Crippen molar-refractivity contribution >= 4 is 5.91 Å². The minimum absolute atomic E-state index is 0.203. The molecule has 2 saturated carbocycles. The van der Waals surface area contributed by atoms with Gasteiger partial charge in [0, 0.05) is 13.1 Å². The van der Waals surface area contributed by atoms with Crippen LogP contribution < -0.4 is 5.32 Å². The molecule has 1 aromatic rings. The van der Waals surface area contributed by atoms with Gasteiger partial charge < -0.3 is 15.3 Å². The minimum Gasteiger partial charge on any atom is -0.389 e. The van der Waals surface area contributed by atoms with Gasteiger partial charge in [-0.3, -0.25) is 4.79 Å². The highest BCUT2D eigenvalue weighted by Crippen LogP contribution is 2.42. The summed E-state index contributed by atoms with van der Waals surface area (Å²) in [5.41, 5.74) is 2.16. The third-order valence-corrected chi connectivity index (χ3v) is 7.60. The predicted molar refractivity (Wildman–Crippen MR) is 117 cm³/mol. The topological polar surface area (TPSA) is 52.6 Å². The smallest absolute Gasteiger partial charge is 0.239 e. The van der Waals surface area contributed by atoms with E-state index >= 15 is 0 Å². The number of hydrogen-bond acceptors (Lipinski definition) is 3. The Morgan fingerprint density at radius 1 is 1.14 bits per heavy atom. The molecule has 0 aromatic heterocycles. The lowest BCUT2D eigenvalue weighted by molar-refractivity contribution is -0.138. The van der Waals surface area contributed by atoms with Gasteiger partial charge in [0.15, 0.2) is 0 Å². The largest absolute Gasteiger partial charge is 0.389 e. The van der Waals surface area contributed by atoms with Crippen molar-refractivity contribution < 1.29 is 9.90 Å². The summed E-state index contributed by atoms with van der Waals surface area (Å²) < 4.78 is 0. The molecule has 1 aliphatic heterocycles. The molecule has 160 valence electrons. The van der Waals surface area contributed by atoms with E-state index in [1.165, 1.54) is 49.7 Å². The molecule has 0 spiro atoms. The van der Waals surface area contributed by atoms with Crippen molar-refractivity contribution in [2.24, 2.45) is 5.92 Å². The lowest BCUT2D eigenvalue weighted by atomic mass is 9.77. The average Bonchev–Trinajstić information content (AvgIpc) is 2.77. The van der Waals surface area contributed by atoms with Crippen molar-refractivity contribution in [2.75, 3.05) is 13.1 Å². The van der Waals surface area contributed by atoms with Crippen LogP contribution in [0.1, 0.15) is 88.3 Å². The van der Waals surface area contributed by atoms with Gasteiger partial charge in [-0.1, -0.05) is 62.8 Å². The molecule has 1 amide bonds. The SMILES string of the molecule is CC(NCC1(O)CCCCC1)C(=O)N1CCc2ccccc2C1C1CCCCC1. The van der Waals surface area contributed by atoms with Gasteiger partial charge in [0.2, 0.25) is 5.91 Å². The van der Waals surface area contributed by atoms with Gasteiger partial charge in [0.05, 0.1) is 17.7 Å². The average molecular weight is 399 g/mol. The van der Waals surface area contributed by atoms with E-state index in [-0.39, 0.29) is 18.0 Å². The van der Waals surface area contributed by atoms with Crippen LogP contribution in [0.5, 0.6) is 0 Å². The van der Waals surface area contributed by atoms with Gasteiger partial charge >= 0.3 is 0 Å². The number of carbonyl (C=O) groups is 1. The van der Waals surface area contributed by atoms with Crippen LogP contribution in [-0.2, 0) is 11.2 Å². The fourth-order valence-electron chi connectivity index (χ4n) is 5.87. The van der Waals surface area contributed by atoms with E-state index in [1.54, 1.807) is 0 Å². The Balaban J connectivity index is 1.48. The number of rotatable bonds is 5. The van der Waals surface area contributed by atoms with Crippen LogP contribution in [0.4, 0.5) is 0 Å². The Bertz CT molecular complexity index is 692. The van der Waals surface area contributed by atoms with Crippen molar-refractivity contribution in [1.29, 1.82) is 0 Å². The maximum atomic E-state index is 13.5. The third-order valence-electron chi connectivity index (χ3n) is 7.60. The molecule has 2 atom stereocenters. The number of hydrogen-bond donors (Lipinski definition) is 2. The molecule has 1 aromatic carbocycles. The second-order valence-corrected chi connectivity index (χ2v) is 9.71. The quantitative estimate of drug-likeness (QED) is 0.774. The van der Waals surface area contributed by atoms with Gasteiger partial charge in [-0.25, -0.2) is 0 Å². The van der Waals surface area contributed by atoms with Crippen molar-refractivity contribution in [2.45, 2.75) is 95.2 Å². The van der Waals surface area contributed by atoms with E-state index in [0.29, 0.717) is 12.5 Å². The van der Waals surface area contributed by atoms with E-state index in [4.69, 9.17) is 0 Å². The summed E-state index contributed by atoms with van der Waals surface area (Å²) in [6.07, 6.45) is 12.4. The molecule has 29 heavy (non-hydrogen) atoms. The summed E-state index contributed by atoms with van der Waals surface area (Å²) in [4.78, 5) is 15.7. The highest BCUT2D eigenvalue weighted by Gasteiger charge is 2.38. The van der Waals surface area contributed by atoms with E-state index in [0.717, 1.165) is 38.6 Å². The summed E-state index contributed by atoms with van der Waals surface area (Å²) in [6, 6.07) is 8.71. The Kier molecular flexibility index (Phi) is 6.60. The third kappa shape index (κ3) is 4.69. The van der Waals surface area contributed by atoms with Crippen molar-refractivity contribution in [3.63, 3.8) is 0 Å². The monoisotopic (exact) mass is 398 g/mol. The number of benzene rings is 1. The Hall–Kier alpha value is -1.39. The second kappa shape index (κ2) is 9.18. The Labute approximate surface area is 176 Å². The molecular weight excluding hydrogens is 360 g/mol. The van der Waals surface area contributed by atoms with E-state index in [1.807, 2.05) is 6.92 Å². The molecule has 0 radical (unpaired) electrons. The highest BCUT2D eigenvalue weighted by molar-refractivity contribution is 5.82. The van der Waals surface area contributed by atoms with Crippen molar-refractivity contribution in [3.05, 3.63) is 35.4 Å². The van der Waals surface area contributed by atoms with Crippen LogP contribution in [0.25, 0.3) is 0 Å². The summed E-state index contributed by atoms with van der Waals surface area (Å²) in [6.45, 7) is 3.32. The first-order chi connectivity index (χ1) is 14.1. The highest BCUT2D eigenvalue weighted by atomic mass is 16.3. The molecule has 1 heterocycles. The zero-order valence-corrected chi connectivity index (χ0v) is 18.0. The molecule has 3 aliphatic rings. The van der Waals surface area contributed by atoms with Crippen LogP contribution in [0.15, 0.2) is 24.3 Å². The molecule has 4 nitrogen and oxygen atoms in total. The Morgan fingerprint density at radius 2 is 1.83 bits per heavy atom. The summed E-state index contributed by atoms with van der Waals surface area (Å²) >= 11 is 0. The number of nitrogens with zero attached hydrogens (tertiary/aromatic N) is 1. The summed E-state index contributed by atoms with van der Waals surface area (Å²) in [7, 11) is 0. The summed E-state index contributed by atoms with van der Waals surface area (Å²) in [5.74, 6) is 0.776. The molecule has 2 N–H and O–H groups in total. The van der Waals surface area contributed by atoms with Gasteiger partial charge in [0.25, 0.3) is 0 Å².